The monoisotopic (exact) mass is 216 g/mol. The average molecular weight is 216 g/mol. The van der Waals surface area contributed by atoms with Crippen LogP contribution < -0.4 is 5.73 Å². The van der Waals surface area contributed by atoms with Gasteiger partial charge in [0.2, 0.25) is 0 Å². The number of hydrogen-bond acceptors (Lipinski definition) is 2. The molecule has 0 amide bonds. The van der Waals surface area contributed by atoms with Crippen molar-refractivity contribution in [3.05, 3.63) is 35.4 Å². The van der Waals surface area contributed by atoms with Gasteiger partial charge in [-0.3, -0.25) is 0 Å². The van der Waals surface area contributed by atoms with E-state index in [1.165, 1.54) is 11.1 Å². The summed E-state index contributed by atoms with van der Waals surface area (Å²) < 4.78 is 0. The fourth-order valence-corrected chi connectivity index (χ4v) is 1.53. The number of nitrogens with zero attached hydrogens (tertiary/aromatic N) is 1. The third-order valence-corrected chi connectivity index (χ3v) is 2.83. The normalized spacial score (nSPS) is 14.5. The molecule has 1 atom stereocenters. The molecule has 1 aromatic rings. The Morgan fingerprint density at radius 3 is 2.31 bits per heavy atom. The van der Waals surface area contributed by atoms with Crippen LogP contribution in [0.5, 0.6) is 0 Å². The number of aryl methyl sites for hydroxylation is 1. The van der Waals surface area contributed by atoms with Gasteiger partial charge in [0.05, 0.1) is 6.07 Å². The molecule has 0 fully saturated rings. The van der Waals surface area contributed by atoms with Crippen molar-refractivity contribution < 1.29 is 0 Å². The Hall–Kier alpha value is -1.33. The van der Waals surface area contributed by atoms with E-state index >= 15 is 0 Å². The van der Waals surface area contributed by atoms with Gasteiger partial charge in [0.15, 0.2) is 0 Å². The van der Waals surface area contributed by atoms with Crippen molar-refractivity contribution in [2.75, 3.05) is 0 Å². The van der Waals surface area contributed by atoms with E-state index in [-0.39, 0.29) is 0 Å². The van der Waals surface area contributed by atoms with Gasteiger partial charge in [0.1, 0.15) is 5.54 Å². The number of hydrogen-bond donors (Lipinski definition) is 1. The summed E-state index contributed by atoms with van der Waals surface area (Å²) in [6.45, 7) is 6.14. The van der Waals surface area contributed by atoms with E-state index in [2.05, 4.69) is 44.2 Å². The third kappa shape index (κ3) is 3.67. The molecule has 0 spiro atoms. The summed E-state index contributed by atoms with van der Waals surface area (Å²) in [4.78, 5) is 0. The molecule has 0 aliphatic rings. The maximum absolute atomic E-state index is 8.81. The summed E-state index contributed by atoms with van der Waals surface area (Å²) in [7, 11) is 0. The summed E-state index contributed by atoms with van der Waals surface area (Å²) in [6, 6.07) is 10.7. The lowest BCUT2D eigenvalue weighted by Gasteiger charge is -2.15. The van der Waals surface area contributed by atoms with Crippen LogP contribution in [0.4, 0.5) is 0 Å². The van der Waals surface area contributed by atoms with Crippen LogP contribution in [-0.4, -0.2) is 5.54 Å². The summed E-state index contributed by atoms with van der Waals surface area (Å²) >= 11 is 0. The van der Waals surface area contributed by atoms with E-state index in [0.29, 0.717) is 12.3 Å². The van der Waals surface area contributed by atoms with Gasteiger partial charge in [0, 0.05) is 0 Å². The molecule has 1 rings (SSSR count). The second-order valence-electron chi connectivity index (χ2n) is 4.93. The molecule has 0 aliphatic carbocycles. The first kappa shape index (κ1) is 12.7. The van der Waals surface area contributed by atoms with Crippen molar-refractivity contribution in [2.24, 2.45) is 5.73 Å². The highest BCUT2D eigenvalue weighted by Crippen LogP contribution is 2.16. The molecular formula is C14H20N2. The number of nitriles is 1. The summed E-state index contributed by atoms with van der Waals surface area (Å²) in [5.41, 5.74) is 7.66. The van der Waals surface area contributed by atoms with Gasteiger partial charge < -0.3 is 5.73 Å². The minimum absolute atomic E-state index is 0.563. The Kier molecular flexibility index (Phi) is 4.09. The number of nitrogens with two attached hydrogens (primary N) is 1. The molecule has 0 aliphatic heterocycles. The third-order valence-electron chi connectivity index (χ3n) is 2.83. The summed E-state index contributed by atoms with van der Waals surface area (Å²) in [5, 5.41) is 8.81. The number of benzene rings is 1. The van der Waals surface area contributed by atoms with E-state index in [0.717, 1.165) is 6.42 Å². The minimum atomic E-state index is -0.712. The largest absolute Gasteiger partial charge is 0.314 e. The molecule has 2 nitrogen and oxygen atoms in total. The standard InChI is InChI=1S/C14H20N2/c1-11(2)13-6-4-12(5-7-13)8-9-14(3,16)10-15/h4-7,11H,8-9,16H2,1-3H3. The van der Waals surface area contributed by atoms with Crippen LogP contribution in [0.1, 0.15) is 44.2 Å². The van der Waals surface area contributed by atoms with E-state index in [4.69, 9.17) is 11.0 Å². The Morgan fingerprint density at radius 2 is 1.88 bits per heavy atom. The Bertz CT molecular complexity index is 369. The zero-order valence-electron chi connectivity index (χ0n) is 10.3. The van der Waals surface area contributed by atoms with Crippen molar-refractivity contribution in [3.8, 4) is 6.07 Å². The van der Waals surface area contributed by atoms with Gasteiger partial charge in [-0.15, -0.1) is 0 Å². The van der Waals surface area contributed by atoms with E-state index in [1.807, 2.05) is 0 Å². The lowest BCUT2D eigenvalue weighted by Crippen LogP contribution is -2.34. The molecule has 0 heterocycles. The van der Waals surface area contributed by atoms with Crippen molar-refractivity contribution in [1.82, 2.24) is 0 Å². The molecule has 1 unspecified atom stereocenters. The van der Waals surface area contributed by atoms with E-state index in [9.17, 15) is 0 Å². The molecule has 1 aromatic carbocycles. The Morgan fingerprint density at radius 1 is 1.31 bits per heavy atom. The SMILES string of the molecule is CC(C)c1ccc(CCC(C)(N)C#N)cc1. The average Bonchev–Trinajstić information content (AvgIpc) is 2.27. The van der Waals surface area contributed by atoms with Gasteiger partial charge in [-0.25, -0.2) is 0 Å². The van der Waals surface area contributed by atoms with Crippen LogP contribution in [0.2, 0.25) is 0 Å². The Labute approximate surface area is 98.1 Å². The van der Waals surface area contributed by atoms with E-state index < -0.39 is 5.54 Å². The second kappa shape index (κ2) is 5.14. The van der Waals surface area contributed by atoms with Crippen LogP contribution in [0, 0.1) is 11.3 Å². The van der Waals surface area contributed by atoms with Crippen LogP contribution in [-0.2, 0) is 6.42 Å². The molecule has 2 N–H and O–H groups in total. The fourth-order valence-electron chi connectivity index (χ4n) is 1.53. The van der Waals surface area contributed by atoms with Crippen LogP contribution in [0.3, 0.4) is 0 Å². The molecule has 16 heavy (non-hydrogen) atoms. The first-order chi connectivity index (χ1) is 7.44. The molecule has 0 saturated carbocycles. The predicted molar refractivity (Wildman–Crippen MR) is 67.1 cm³/mol. The van der Waals surface area contributed by atoms with Crippen LogP contribution in [0.25, 0.3) is 0 Å². The van der Waals surface area contributed by atoms with Crippen molar-refractivity contribution in [3.63, 3.8) is 0 Å². The second-order valence-corrected chi connectivity index (χ2v) is 4.93. The topological polar surface area (TPSA) is 49.8 Å². The smallest absolute Gasteiger partial charge is 0.101 e. The Balaban J connectivity index is 2.60. The first-order valence-electron chi connectivity index (χ1n) is 5.73. The highest BCUT2D eigenvalue weighted by molar-refractivity contribution is 5.25. The predicted octanol–water partition coefficient (Wildman–Crippen LogP) is 2.98. The summed E-state index contributed by atoms with van der Waals surface area (Å²) in [5.74, 6) is 0.563. The van der Waals surface area contributed by atoms with E-state index in [1.54, 1.807) is 6.92 Å². The van der Waals surface area contributed by atoms with Gasteiger partial charge >= 0.3 is 0 Å². The molecule has 0 bridgehead atoms. The molecular weight excluding hydrogens is 196 g/mol. The molecule has 0 saturated heterocycles. The van der Waals surface area contributed by atoms with Crippen LogP contribution in [0.15, 0.2) is 24.3 Å². The molecule has 0 radical (unpaired) electrons. The van der Waals surface area contributed by atoms with Crippen molar-refractivity contribution >= 4 is 0 Å². The van der Waals surface area contributed by atoms with Crippen molar-refractivity contribution in [1.29, 1.82) is 5.26 Å². The number of rotatable bonds is 4. The highest BCUT2D eigenvalue weighted by atomic mass is 14.7. The van der Waals surface area contributed by atoms with Gasteiger partial charge in [0.25, 0.3) is 0 Å². The zero-order valence-corrected chi connectivity index (χ0v) is 10.3. The summed E-state index contributed by atoms with van der Waals surface area (Å²) in [6.07, 6.45) is 1.56. The fraction of sp³-hybridized carbons (Fsp3) is 0.500. The van der Waals surface area contributed by atoms with Crippen molar-refractivity contribution in [2.45, 2.75) is 45.1 Å². The molecule has 2 heteroatoms. The van der Waals surface area contributed by atoms with Gasteiger partial charge in [-0.05, 0) is 36.8 Å². The maximum Gasteiger partial charge on any atom is 0.101 e. The zero-order chi connectivity index (χ0) is 12.2. The van der Waals surface area contributed by atoms with Gasteiger partial charge in [-0.1, -0.05) is 38.1 Å². The lowest BCUT2D eigenvalue weighted by atomic mass is 9.94. The highest BCUT2D eigenvalue weighted by Gasteiger charge is 2.16. The lowest BCUT2D eigenvalue weighted by molar-refractivity contribution is 0.546. The minimum Gasteiger partial charge on any atom is -0.314 e. The van der Waals surface area contributed by atoms with Crippen LogP contribution >= 0.6 is 0 Å². The molecule has 0 aromatic heterocycles. The van der Waals surface area contributed by atoms with Gasteiger partial charge in [-0.2, -0.15) is 5.26 Å². The first-order valence-corrected chi connectivity index (χ1v) is 5.73. The molecule has 86 valence electrons. The quantitative estimate of drug-likeness (QED) is 0.841. The maximum atomic E-state index is 8.81.